The lowest BCUT2D eigenvalue weighted by molar-refractivity contribution is -0.187. The van der Waals surface area contributed by atoms with E-state index in [9.17, 15) is 4.91 Å². The van der Waals surface area contributed by atoms with Gasteiger partial charge in [-0.1, -0.05) is 64.1 Å². The number of nitroso groups, excluding NO2 is 1. The van der Waals surface area contributed by atoms with Crippen LogP contribution >= 0.6 is 0 Å². The van der Waals surface area contributed by atoms with Gasteiger partial charge in [-0.25, -0.2) is 0 Å². The summed E-state index contributed by atoms with van der Waals surface area (Å²) in [5.74, 6) is 7.25. The molecule has 4 aliphatic heterocycles. The molecule has 0 amide bonds. The lowest BCUT2D eigenvalue weighted by Gasteiger charge is -2.55. The van der Waals surface area contributed by atoms with Crippen LogP contribution in [0.2, 0.25) is 0 Å². The van der Waals surface area contributed by atoms with E-state index in [-0.39, 0.29) is 0 Å². The topological polar surface area (TPSA) is 54.4 Å². The van der Waals surface area contributed by atoms with Crippen molar-refractivity contribution in [2.24, 2.45) is 52.5 Å². The maximum absolute atomic E-state index is 12.3. The van der Waals surface area contributed by atoms with Gasteiger partial charge in [0.2, 0.25) is 0 Å². The average molecular weight is 786 g/mol. The molecular formula is C52H71N3O3. The standard InChI is InChI=1S/C52H71N3O3/c1-28-9-13-45-47(19-28)57-49-21-30(3)17-40-38-26-32(11-15-43(38)54(45)51(40)49)34-23-35(25-36(24-34)37-7-5-6-8-42(37)53-56)33-12-16-44-39(27-33)41-18-31(4)22-50-52(41)55(44)46-14-10-29(2)20-48(46)58-50/h5-8,23-25,28-33,38-41,43-52H,9-22,26-27H2,1-4H3. The largest absolute Gasteiger partial charge is 0.372 e. The van der Waals surface area contributed by atoms with E-state index in [0.29, 0.717) is 66.1 Å². The predicted molar refractivity (Wildman–Crippen MR) is 231 cm³/mol. The van der Waals surface area contributed by atoms with Crippen molar-refractivity contribution in [2.45, 2.75) is 203 Å². The Labute approximate surface area is 348 Å². The zero-order chi connectivity index (χ0) is 39.0. The van der Waals surface area contributed by atoms with Gasteiger partial charge in [0, 0.05) is 41.8 Å². The summed E-state index contributed by atoms with van der Waals surface area (Å²) in [6.07, 6.45) is 22.7. The summed E-state index contributed by atoms with van der Waals surface area (Å²) in [7, 11) is 0. The van der Waals surface area contributed by atoms with Crippen LogP contribution in [0.4, 0.5) is 5.69 Å². The molecule has 4 saturated heterocycles. The lowest BCUT2D eigenvalue weighted by atomic mass is 9.65. The smallest absolute Gasteiger partial charge is 0.115 e. The van der Waals surface area contributed by atoms with Gasteiger partial charge in [-0.3, -0.25) is 9.80 Å². The molecule has 6 nitrogen and oxygen atoms in total. The highest BCUT2D eigenvalue weighted by atomic mass is 16.5. The molecule has 20 atom stereocenters. The van der Waals surface area contributed by atoms with Crippen LogP contribution in [0.3, 0.4) is 0 Å². The molecule has 12 rings (SSSR count). The van der Waals surface area contributed by atoms with Gasteiger partial charge in [0.25, 0.3) is 0 Å². The SMILES string of the molecule is CC1CCC2C(C1)OC1CC(C)CC3C4CC(c5cc(-c6ccccc6N=O)cc(C6CCC7C(C6)C6CC(C)CC8OC9CC(C)CCC9N7C86)c5)CCC4N2C13. The first-order valence-electron chi connectivity index (χ1n) is 24.7. The molecule has 20 unspecified atom stereocenters. The van der Waals surface area contributed by atoms with Gasteiger partial charge in [-0.05, 0) is 190 Å². The molecule has 312 valence electrons. The van der Waals surface area contributed by atoms with Crippen molar-refractivity contribution in [2.75, 3.05) is 0 Å². The zero-order valence-corrected chi connectivity index (χ0v) is 36.0. The van der Waals surface area contributed by atoms with Crippen molar-refractivity contribution < 1.29 is 9.47 Å². The summed E-state index contributed by atoms with van der Waals surface area (Å²) in [6, 6.07) is 19.8. The second-order valence-electron chi connectivity index (χ2n) is 22.7. The Morgan fingerprint density at radius 3 is 1.50 bits per heavy atom. The summed E-state index contributed by atoms with van der Waals surface area (Å²) < 4.78 is 14.3. The van der Waals surface area contributed by atoms with Crippen LogP contribution in [-0.2, 0) is 9.47 Å². The van der Waals surface area contributed by atoms with Crippen molar-refractivity contribution in [1.82, 2.24) is 9.80 Å². The van der Waals surface area contributed by atoms with Crippen LogP contribution in [0, 0.1) is 52.3 Å². The fourth-order valence-electron chi connectivity index (χ4n) is 17.1. The van der Waals surface area contributed by atoms with Crippen molar-refractivity contribution >= 4 is 5.69 Å². The number of hydrogen-bond donors (Lipinski definition) is 0. The van der Waals surface area contributed by atoms with Gasteiger partial charge >= 0.3 is 0 Å². The molecule has 0 radical (unpaired) electrons. The van der Waals surface area contributed by atoms with Crippen LogP contribution in [0.5, 0.6) is 0 Å². The molecule has 10 aliphatic rings. The third kappa shape index (κ3) is 5.97. The van der Waals surface area contributed by atoms with E-state index in [1.54, 1.807) is 11.1 Å². The molecule has 10 fully saturated rings. The average Bonchev–Trinajstić information content (AvgIpc) is 3.73. The van der Waals surface area contributed by atoms with Crippen molar-refractivity contribution in [3.8, 4) is 11.1 Å². The molecule has 0 aromatic heterocycles. The molecular weight excluding hydrogens is 715 g/mol. The molecule has 2 aromatic carbocycles. The maximum Gasteiger partial charge on any atom is 0.115 e. The van der Waals surface area contributed by atoms with E-state index in [4.69, 9.17) is 9.47 Å². The number of morpholine rings is 2. The normalized spacial score (nSPS) is 49.4. The van der Waals surface area contributed by atoms with Crippen LogP contribution in [0.25, 0.3) is 11.1 Å². The van der Waals surface area contributed by atoms with Gasteiger partial charge in [0.05, 0.1) is 24.4 Å². The Balaban J connectivity index is 0.871. The Morgan fingerprint density at radius 1 is 0.500 bits per heavy atom. The fourth-order valence-corrected chi connectivity index (χ4v) is 17.1. The number of nitrogens with zero attached hydrogens (tertiary/aromatic N) is 3. The molecule has 6 heteroatoms. The Morgan fingerprint density at radius 2 is 0.983 bits per heavy atom. The van der Waals surface area contributed by atoms with Crippen LogP contribution in [0.1, 0.15) is 153 Å². The Kier molecular flexibility index (Phi) is 9.40. The van der Waals surface area contributed by atoms with Gasteiger partial charge in [0.1, 0.15) is 5.69 Å². The molecule has 0 spiro atoms. The zero-order valence-electron chi connectivity index (χ0n) is 36.0. The molecule has 6 saturated carbocycles. The molecule has 4 heterocycles. The maximum atomic E-state index is 12.3. The highest BCUT2D eigenvalue weighted by molar-refractivity contribution is 5.76. The van der Waals surface area contributed by atoms with E-state index >= 15 is 0 Å². The van der Waals surface area contributed by atoms with E-state index in [1.165, 1.54) is 108 Å². The van der Waals surface area contributed by atoms with Crippen LogP contribution < -0.4 is 0 Å². The second-order valence-corrected chi connectivity index (χ2v) is 22.7. The number of benzene rings is 2. The van der Waals surface area contributed by atoms with Crippen LogP contribution in [0.15, 0.2) is 47.6 Å². The minimum absolute atomic E-state index is 0.430. The summed E-state index contributed by atoms with van der Waals surface area (Å²) in [5, 5.41) is 3.57. The minimum atomic E-state index is 0.430. The number of rotatable bonds is 4. The fraction of sp³-hybridized carbons (Fsp3) is 0.769. The van der Waals surface area contributed by atoms with E-state index in [0.717, 1.165) is 65.0 Å². The van der Waals surface area contributed by atoms with E-state index in [1.807, 2.05) is 12.1 Å². The van der Waals surface area contributed by atoms with Gasteiger partial charge in [0.15, 0.2) is 0 Å². The van der Waals surface area contributed by atoms with E-state index < -0.39 is 0 Å². The molecule has 0 N–H and O–H groups in total. The van der Waals surface area contributed by atoms with E-state index in [2.05, 4.69) is 73.0 Å². The van der Waals surface area contributed by atoms with Crippen molar-refractivity contribution in [3.05, 3.63) is 58.5 Å². The first-order chi connectivity index (χ1) is 28.3. The van der Waals surface area contributed by atoms with Gasteiger partial charge in [-0.2, -0.15) is 0 Å². The molecule has 2 aromatic rings. The third-order valence-corrected chi connectivity index (χ3v) is 19.3. The summed E-state index contributed by atoms with van der Waals surface area (Å²) in [4.78, 5) is 18.5. The number of ether oxygens (including phenoxy) is 2. The molecule has 0 bridgehead atoms. The monoisotopic (exact) mass is 786 g/mol. The second kappa shape index (κ2) is 14.5. The van der Waals surface area contributed by atoms with Crippen molar-refractivity contribution in [3.63, 3.8) is 0 Å². The summed E-state index contributed by atoms with van der Waals surface area (Å²) in [5.41, 5.74) is 5.90. The third-order valence-electron chi connectivity index (χ3n) is 19.3. The predicted octanol–water partition coefficient (Wildman–Crippen LogP) is 11.6. The summed E-state index contributed by atoms with van der Waals surface area (Å²) >= 11 is 0. The molecule has 6 aliphatic carbocycles. The Bertz CT molecular complexity index is 1780. The van der Waals surface area contributed by atoms with Gasteiger partial charge in [-0.15, -0.1) is 4.91 Å². The van der Waals surface area contributed by atoms with Gasteiger partial charge < -0.3 is 9.47 Å². The highest BCUT2D eigenvalue weighted by Gasteiger charge is 2.63. The quantitative estimate of drug-likeness (QED) is 0.289. The van der Waals surface area contributed by atoms with Crippen LogP contribution in [-0.4, -0.2) is 70.5 Å². The van der Waals surface area contributed by atoms with Crippen molar-refractivity contribution in [1.29, 1.82) is 0 Å². The Hall–Kier alpha value is -2.12. The first-order valence-corrected chi connectivity index (χ1v) is 24.7. The number of hydrogen-bond acceptors (Lipinski definition) is 6. The number of fused-ring (bicyclic) bond motifs is 10. The first kappa shape index (κ1) is 37.6. The lowest BCUT2D eigenvalue weighted by Crippen LogP contribution is -2.64. The summed E-state index contributed by atoms with van der Waals surface area (Å²) in [6.45, 7) is 9.94. The highest BCUT2D eigenvalue weighted by Crippen LogP contribution is 2.60. The molecule has 58 heavy (non-hydrogen) atoms. The minimum Gasteiger partial charge on any atom is -0.372 e.